The first-order valence-corrected chi connectivity index (χ1v) is 9.60. The van der Waals surface area contributed by atoms with Gasteiger partial charge in [0.2, 0.25) is 5.89 Å². The van der Waals surface area contributed by atoms with Crippen LogP contribution < -0.4 is 10.1 Å². The average Bonchev–Trinajstić information content (AvgIpc) is 3.17. The summed E-state index contributed by atoms with van der Waals surface area (Å²) in [5.41, 5.74) is 5.40. The van der Waals surface area contributed by atoms with Gasteiger partial charge in [0.15, 0.2) is 12.2 Å². The molecule has 0 bridgehead atoms. The molecular formula is C24H22N2O3. The molecule has 1 N–H and O–H groups in total. The van der Waals surface area contributed by atoms with Crippen LogP contribution >= 0.6 is 0 Å². The summed E-state index contributed by atoms with van der Waals surface area (Å²) in [4.78, 5) is 16.8. The van der Waals surface area contributed by atoms with Crippen molar-refractivity contribution in [1.82, 2.24) is 4.98 Å². The Morgan fingerprint density at radius 3 is 2.69 bits per heavy atom. The molecular weight excluding hydrogens is 364 g/mol. The average molecular weight is 386 g/mol. The molecule has 0 atom stereocenters. The van der Waals surface area contributed by atoms with Crippen LogP contribution in [0.2, 0.25) is 0 Å². The number of carbonyl (C=O) groups is 1. The molecule has 0 aliphatic heterocycles. The van der Waals surface area contributed by atoms with Crippen LogP contribution in [0.4, 0.5) is 5.69 Å². The Kier molecular flexibility index (Phi) is 5.29. The fourth-order valence-corrected chi connectivity index (χ4v) is 3.03. The minimum Gasteiger partial charge on any atom is -0.484 e. The highest BCUT2D eigenvalue weighted by Crippen LogP contribution is 2.27. The fraction of sp³-hybridized carbons (Fsp3) is 0.167. The molecule has 0 spiro atoms. The molecule has 146 valence electrons. The van der Waals surface area contributed by atoms with E-state index < -0.39 is 0 Å². The van der Waals surface area contributed by atoms with E-state index in [9.17, 15) is 4.79 Å². The Morgan fingerprint density at radius 1 is 1.07 bits per heavy atom. The third kappa shape index (κ3) is 4.46. The van der Waals surface area contributed by atoms with Crippen molar-refractivity contribution in [2.45, 2.75) is 20.3 Å². The molecule has 1 amide bonds. The van der Waals surface area contributed by atoms with Gasteiger partial charge in [0.1, 0.15) is 11.3 Å². The van der Waals surface area contributed by atoms with Gasteiger partial charge < -0.3 is 14.5 Å². The van der Waals surface area contributed by atoms with Crippen LogP contribution in [0.1, 0.15) is 18.1 Å². The molecule has 0 saturated heterocycles. The maximum absolute atomic E-state index is 12.2. The molecule has 3 aromatic carbocycles. The number of anilines is 1. The number of aromatic nitrogens is 1. The normalized spacial score (nSPS) is 10.8. The van der Waals surface area contributed by atoms with Crippen LogP contribution in [-0.2, 0) is 11.2 Å². The molecule has 0 unspecified atom stereocenters. The first kappa shape index (κ1) is 18.7. The van der Waals surface area contributed by atoms with E-state index in [0.717, 1.165) is 28.6 Å². The molecule has 1 aromatic heterocycles. The van der Waals surface area contributed by atoms with Gasteiger partial charge in [0.05, 0.1) is 0 Å². The van der Waals surface area contributed by atoms with E-state index in [1.54, 1.807) is 0 Å². The maximum Gasteiger partial charge on any atom is 0.262 e. The molecule has 0 fully saturated rings. The van der Waals surface area contributed by atoms with Crippen LogP contribution in [0, 0.1) is 6.92 Å². The van der Waals surface area contributed by atoms with E-state index in [0.29, 0.717) is 17.3 Å². The van der Waals surface area contributed by atoms with Gasteiger partial charge in [-0.05, 0) is 61.4 Å². The zero-order chi connectivity index (χ0) is 20.2. The van der Waals surface area contributed by atoms with Crippen LogP contribution in [0.25, 0.3) is 22.6 Å². The number of fused-ring (bicyclic) bond motifs is 1. The van der Waals surface area contributed by atoms with Gasteiger partial charge in [-0.15, -0.1) is 0 Å². The molecule has 5 nitrogen and oxygen atoms in total. The quantitative estimate of drug-likeness (QED) is 0.483. The van der Waals surface area contributed by atoms with Gasteiger partial charge in [-0.3, -0.25) is 4.79 Å². The number of ether oxygens (including phenoxy) is 1. The van der Waals surface area contributed by atoms with Crippen molar-refractivity contribution in [3.05, 3.63) is 77.9 Å². The lowest BCUT2D eigenvalue weighted by Gasteiger charge is -2.08. The minimum absolute atomic E-state index is 0.0596. The fourth-order valence-electron chi connectivity index (χ4n) is 3.03. The summed E-state index contributed by atoms with van der Waals surface area (Å²) in [5.74, 6) is 0.963. The zero-order valence-corrected chi connectivity index (χ0v) is 16.4. The van der Waals surface area contributed by atoms with Crippen molar-refractivity contribution in [1.29, 1.82) is 0 Å². The maximum atomic E-state index is 12.2. The number of nitrogens with zero attached hydrogens (tertiary/aromatic N) is 1. The Morgan fingerprint density at radius 2 is 1.90 bits per heavy atom. The number of carbonyl (C=O) groups excluding carboxylic acids is 1. The van der Waals surface area contributed by atoms with Crippen molar-refractivity contribution in [2.24, 2.45) is 0 Å². The standard InChI is InChI=1S/C24H22N2O3/c1-3-17-9-12-22-21(13-17)26-24(29-22)18-5-4-6-19(14-18)25-23(27)15-28-20-10-7-16(2)8-11-20/h4-14H,3,15H2,1-2H3,(H,25,27). The highest BCUT2D eigenvalue weighted by Gasteiger charge is 2.10. The van der Waals surface area contributed by atoms with Crippen LogP contribution in [0.15, 0.2) is 71.1 Å². The van der Waals surface area contributed by atoms with Gasteiger partial charge in [-0.2, -0.15) is 0 Å². The van der Waals surface area contributed by atoms with E-state index >= 15 is 0 Å². The number of oxazole rings is 1. The second-order valence-electron chi connectivity index (χ2n) is 6.91. The third-order valence-corrected chi connectivity index (χ3v) is 4.64. The van der Waals surface area contributed by atoms with Crippen LogP contribution in [0.5, 0.6) is 5.75 Å². The second kappa shape index (κ2) is 8.19. The molecule has 5 heteroatoms. The van der Waals surface area contributed by atoms with Gasteiger partial charge in [0, 0.05) is 11.3 Å². The molecule has 4 aromatic rings. The van der Waals surface area contributed by atoms with Gasteiger partial charge in [0.25, 0.3) is 5.91 Å². The lowest BCUT2D eigenvalue weighted by atomic mass is 10.1. The summed E-state index contributed by atoms with van der Waals surface area (Å²) in [6.45, 7) is 4.05. The Bertz CT molecular complexity index is 1150. The van der Waals surface area contributed by atoms with Crippen LogP contribution in [0.3, 0.4) is 0 Å². The first-order chi connectivity index (χ1) is 14.1. The molecule has 0 radical (unpaired) electrons. The van der Waals surface area contributed by atoms with Gasteiger partial charge >= 0.3 is 0 Å². The number of hydrogen-bond acceptors (Lipinski definition) is 4. The minimum atomic E-state index is -0.229. The van der Waals surface area contributed by atoms with E-state index in [-0.39, 0.29) is 12.5 Å². The number of hydrogen-bond donors (Lipinski definition) is 1. The van der Waals surface area contributed by atoms with Crippen molar-refractivity contribution in [2.75, 3.05) is 11.9 Å². The largest absolute Gasteiger partial charge is 0.484 e. The predicted molar refractivity (Wildman–Crippen MR) is 114 cm³/mol. The van der Waals surface area contributed by atoms with E-state index in [2.05, 4.69) is 17.2 Å². The monoisotopic (exact) mass is 386 g/mol. The van der Waals surface area contributed by atoms with E-state index in [1.807, 2.05) is 73.7 Å². The summed E-state index contributed by atoms with van der Waals surface area (Å²) in [7, 11) is 0. The lowest BCUT2D eigenvalue weighted by Crippen LogP contribution is -2.20. The smallest absolute Gasteiger partial charge is 0.262 e. The summed E-state index contributed by atoms with van der Waals surface area (Å²) in [5, 5.41) is 2.85. The number of aryl methyl sites for hydroxylation is 2. The molecule has 0 aliphatic rings. The zero-order valence-electron chi connectivity index (χ0n) is 16.4. The Labute approximate surface area is 169 Å². The summed E-state index contributed by atoms with van der Waals surface area (Å²) >= 11 is 0. The van der Waals surface area contributed by atoms with Crippen molar-refractivity contribution >= 4 is 22.7 Å². The SMILES string of the molecule is CCc1ccc2oc(-c3cccc(NC(=O)COc4ccc(C)cc4)c3)nc2c1. The lowest BCUT2D eigenvalue weighted by molar-refractivity contribution is -0.118. The van der Waals surface area contributed by atoms with Gasteiger partial charge in [-0.1, -0.05) is 36.8 Å². The summed E-state index contributed by atoms with van der Waals surface area (Å²) in [6.07, 6.45) is 0.949. The highest BCUT2D eigenvalue weighted by molar-refractivity contribution is 5.92. The molecule has 0 saturated carbocycles. The number of nitrogens with one attached hydrogen (secondary N) is 1. The van der Waals surface area contributed by atoms with Gasteiger partial charge in [-0.25, -0.2) is 4.98 Å². The molecule has 0 aliphatic carbocycles. The first-order valence-electron chi connectivity index (χ1n) is 9.60. The number of rotatable bonds is 6. The summed E-state index contributed by atoms with van der Waals surface area (Å²) < 4.78 is 11.4. The Balaban J connectivity index is 1.45. The van der Waals surface area contributed by atoms with Crippen molar-refractivity contribution < 1.29 is 13.9 Å². The van der Waals surface area contributed by atoms with Crippen molar-refractivity contribution in [3.63, 3.8) is 0 Å². The van der Waals surface area contributed by atoms with E-state index in [4.69, 9.17) is 9.15 Å². The van der Waals surface area contributed by atoms with Crippen LogP contribution in [-0.4, -0.2) is 17.5 Å². The second-order valence-corrected chi connectivity index (χ2v) is 6.91. The van der Waals surface area contributed by atoms with Crippen molar-refractivity contribution in [3.8, 4) is 17.2 Å². The number of amides is 1. The third-order valence-electron chi connectivity index (χ3n) is 4.64. The Hall–Kier alpha value is -3.60. The predicted octanol–water partition coefficient (Wildman–Crippen LogP) is 5.38. The van der Waals surface area contributed by atoms with E-state index in [1.165, 1.54) is 5.56 Å². The number of benzene rings is 3. The molecule has 1 heterocycles. The highest BCUT2D eigenvalue weighted by atomic mass is 16.5. The molecule has 4 rings (SSSR count). The molecule has 29 heavy (non-hydrogen) atoms. The topological polar surface area (TPSA) is 64.4 Å². The summed E-state index contributed by atoms with van der Waals surface area (Å²) in [6, 6.07) is 21.0.